The van der Waals surface area contributed by atoms with E-state index in [0.717, 1.165) is 38.0 Å². The minimum Gasteiger partial charge on any atom is -0.283 e. The highest BCUT2D eigenvalue weighted by Gasteiger charge is 2.23. The molecule has 0 radical (unpaired) electrons. The van der Waals surface area contributed by atoms with Crippen LogP contribution in [0.4, 0.5) is 5.13 Å². The quantitative estimate of drug-likeness (QED) is 0.356. The lowest BCUT2D eigenvalue weighted by Gasteiger charge is -2.21. The molecule has 4 nitrogen and oxygen atoms in total. The third-order valence-electron chi connectivity index (χ3n) is 5.50. The third kappa shape index (κ3) is 4.48. The van der Waals surface area contributed by atoms with Gasteiger partial charge in [0, 0.05) is 17.4 Å². The Balaban J connectivity index is 1.74. The van der Waals surface area contributed by atoms with E-state index in [4.69, 9.17) is 16.6 Å². The normalized spacial score (nSPS) is 11.1. The fraction of sp³-hybridized carbons (Fsp3) is 0.240. The number of nitrogens with zero attached hydrogens (tertiary/aromatic N) is 3. The van der Waals surface area contributed by atoms with Crippen LogP contribution in [-0.2, 0) is 17.8 Å². The largest absolute Gasteiger partial charge is 0.283 e. The second-order valence-corrected chi connectivity index (χ2v) is 9.33. The number of aryl methyl sites for hydroxylation is 4. The molecule has 0 aliphatic heterocycles. The first kappa shape index (κ1) is 21.5. The Morgan fingerprint density at radius 1 is 1.10 bits per heavy atom. The van der Waals surface area contributed by atoms with Crippen molar-refractivity contribution in [2.75, 3.05) is 4.90 Å². The number of pyridine rings is 1. The standard InChI is InChI=1S/C25H24ClN3OS/c1-15-10-16(2)20(17(3)11-15)12-23(30)29(14-19-6-5-9-27-13-19)25-28-24-18(4)21(26)7-8-22(24)31-25/h5-11,13H,12,14H2,1-4H3. The van der Waals surface area contributed by atoms with Gasteiger partial charge in [0.2, 0.25) is 5.91 Å². The number of fused-ring (bicyclic) bond motifs is 1. The van der Waals surface area contributed by atoms with E-state index < -0.39 is 0 Å². The van der Waals surface area contributed by atoms with Crippen molar-refractivity contribution >= 4 is 44.2 Å². The maximum atomic E-state index is 13.6. The molecule has 0 fully saturated rings. The molecular weight excluding hydrogens is 426 g/mol. The molecule has 158 valence electrons. The van der Waals surface area contributed by atoms with Crippen LogP contribution in [0.25, 0.3) is 10.2 Å². The Morgan fingerprint density at radius 3 is 2.52 bits per heavy atom. The van der Waals surface area contributed by atoms with Gasteiger partial charge in [0.1, 0.15) is 0 Å². The van der Waals surface area contributed by atoms with Crippen molar-refractivity contribution in [3.63, 3.8) is 0 Å². The molecule has 2 aromatic heterocycles. The number of amides is 1. The molecule has 2 aromatic carbocycles. The second kappa shape index (κ2) is 8.77. The molecule has 0 saturated carbocycles. The zero-order valence-electron chi connectivity index (χ0n) is 18.1. The van der Waals surface area contributed by atoms with E-state index in [9.17, 15) is 4.79 Å². The number of carbonyl (C=O) groups is 1. The van der Waals surface area contributed by atoms with Crippen LogP contribution in [-0.4, -0.2) is 15.9 Å². The average Bonchev–Trinajstić information content (AvgIpc) is 3.17. The highest BCUT2D eigenvalue weighted by molar-refractivity contribution is 7.22. The van der Waals surface area contributed by atoms with Gasteiger partial charge in [-0.25, -0.2) is 4.98 Å². The van der Waals surface area contributed by atoms with Gasteiger partial charge in [-0.15, -0.1) is 0 Å². The summed E-state index contributed by atoms with van der Waals surface area (Å²) in [5, 5.41) is 1.36. The number of benzene rings is 2. The fourth-order valence-corrected chi connectivity index (χ4v) is 5.07. The van der Waals surface area contributed by atoms with Crippen molar-refractivity contribution in [2.45, 2.75) is 40.7 Å². The second-order valence-electron chi connectivity index (χ2n) is 7.91. The maximum absolute atomic E-state index is 13.6. The Hall–Kier alpha value is -2.76. The Labute approximate surface area is 191 Å². The monoisotopic (exact) mass is 449 g/mol. The topological polar surface area (TPSA) is 46.1 Å². The maximum Gasteiger partial charge on any atom is 0.233 e. The molecule has 4 rings (SSSR count). The molecular formula is C25H24ClN3OS. The van der Waals surface area contributed by atoms with Crippen molar-refractivity contribution < 1.29 is 4.79 Å². The van der Waals surface area contributed by atoms with E-state index in [1.165, 1.54) is 16.9 Å². The van der Waals surface area contributed by atoms with Crippen LogP contribution < -0.4 is 4.90 Å². The summed E-state index contributed by atoms with van der Waals surface area (Å²) in [6.07, 6.45) is 3.85. The van der Waals surface area contributed by atoms with Gasteiger partial charge in [-0.05, 0) is 73.7 Å². The molecule has 4 aromatic rings. The van der Waals surface area contributed by atoms with Crippen LogP contribution in [0.2, 0.25) is 5.02 Å². The van der Waals surface area contributed by atoms with Crippen molar-refractivity contribution in [3.8, 4) is 0 Å². The van der Waals surface area contributed by atoms with Gasteiger partial charge >= 0.3 is 0 Å². The van der Waals surface area contributed by atoms with Crippen molar-refractivity contribution in [1.29, 1.82) is 0 Å². The lowest BCUT2D eigenvalue weighted by Crippen LogP contribution is -2.32. The number of anilines is 1. The zero-order valence-corrected chi connectivity index (χ0v) is 19.6. The van der Waals surface area contributed by atoms with Crippen molar-refractivity contribution in [1.82, 2.24) is 9.97 Å². The summed E-state index contributed by atoms with van der Waals surface area (Å²) in [6.45, 7) is 8.59. The van der Waals surface area contributed by atoms with E-state index in [2.05, 4.69) is 37.9 Å². The molecule has 0 bridgehead atoms. The van der Waals surface area contributed by atoms with Crippen LogP contribution in [0, 0.1) is 27.7 Å². The van der Waals surface area contributed by atoms with Gasteiger partial charge in [-0.2, -0.15) is 0 Å². The number of thiazole rings is 1. The average molecular weight is 450 g/mol. The first-order valence-electron chi connectivity index (χ1n) is 10.1. The van der Waals surface area contributed by atoms with Gasteiger partial charge in [0.15, 0.2) is 5.13 Å². The van der Waals surface area contributed by atoms with Crippen LogP contribution >= 0.6 is 22.9 Å². The molecule has 0 N–H and O–H groups in total. The van der Waals surface area contributed by atoms with E-state index in [-0.39, 0.29) is 5.91 Å². The number of carbonyl (C=O) groups excluding carboxylic acids is 1. The molecule has 0 aliphatic rings. The molecule has 0 unspecified atom stereocenters. The number of hydrogen-bond donors (Lipinski definition) is 0. The minimum absolute atomic E-state index is 0.0155. The predicted molar refractivity (Wildman–Crippen MR) is 129 cm³/mol. The molecule has 0 atom stereocenters. The van der Waals surface area contributed by atoms with Crippen molar-refractivity contribution in [3.05, 3.63) is 87.2 Å². The minimum atomic E-state index is 0.0155. The summed E-state index contributed by atoms with van der Waals surface area (Å²) in [5.74, 6) is 0.0155. The summed E-state index contributed by atoms with van der Waals surface area (Å²) in [4.78, 5) is 24.4. The smallest absolute Gasteiger partial charge is 0.233 e. The Morgan fingerprint density at radius 2 is 1.84 bits per heavy atom. The summed E-state index contributed by atoms with van der Waals surface area (Å²) in [7, 11) is 0. The van der Waals surface area contributed by atoms with E-state index in [0.29, 0.717) is 23.1 Å². The molecule has 2 heterocycles. The van der Waals surface area contributed by atoms with Gasteiger partial charge in [-0.1, -0.05) is 46.7 Å². The van der Waals surface area contributed by atoms with Crippen LogP contribution in [0.15, 0.2) is 48.8 Å². The Kier molecular flexibility index (Phi) is 6.08. The van der Waals surface area contributed by atoms with Crippen LogP contribution in [0.3, 0.4) is 0 Å². The van der Waals surface area contributed by atoms with Gasteiger partial charge in [0.25, 0.3) is 0 Å². The van der Waals surface area contributed by atoms with Crippen LogP contribution in [0.5, 0.6) is 0 Å². The predicted octanol–water partition coefficient (Wildman–Crippen LogP) is 6.35. The fourth-order valence-electron chi connectivity index (χ4n) is 3.88. The summed E-state index contributed by atoms with van der Waals surface area (Å²) < 4.78 is 1.02. The zero-order chi connectivity index (χ0) is 22.1. The van der Waals surface area contributed by atoms with Crippen LogP contribution in [0.1, 0.15) is 33.4 Å². The SMILES string of the molecule is Cc1cc(C)c(CC(=O)N(Cc2cccnc2)c2nc3c(C)c(Cl)ccc3s2)c(C)c1. The third-order valence-corrected chi connectivity index (χ3v) is 6.95. The van der Waals surface area contributed by atoms with E-state index >= 15 is 0 Å². The van der Waals surface area contributed by atoms with Gasteiger partial charge in [0.05, 0.1) is 23.2 Å². The molecule has 31 heavy (non-hydrogen) atoms. The number of halogens is 1. The highest BCUT2D eigenvalue weighted by Crippen LogP contribution is 2.34. The number of rotatable bonds is 5. The Bertz CT molecular complexity index is 1240. The highest BCUT2D eigenvalue weighted by atomic mass is 35.5. The lowest BCUT2D eigenvalue weighted by atomic mass is 9.97. The molecule has 1 amide bonds. The molecule has 0 spiro atoms. The molecule has 0 saturated heterocycles. The van der Waals surface area contributed by atoms with Gasteiger partial charge in [-0.3, -0.25) is 14.7 Å². The van der Waals surface area contributed by atoms with Crippen molar-refractivity contribution in [2.24, 2.45) is 0 Å². The van der Waals surface area contributed by atoms with E-state index in [1.54, 1.807) is 17.3 Å². The van der Waals surface area contributed by atoms with E-state index in [1.807, 2.05) is 31.2 Å². The first-order valence-corrected chi connectivity index (χ1v) is 11.3. The number of aromatic nitrogens is 2. The van der Waals surface area contributed by atoms with Gasteiger partial charge < -0.3 is 0 Å². The molecule has 6 heteroatoms. The molecule has 0 aliphatic carbocycles. The summed E-state index contributed by atoms with van der Waals surface area (Å²) in [5.41, 5.74) is 7.30. The summed E-state index contributed by atoms with van der Waals surface area (Å²) in [6, 6.07) is 12.0. The first-order chi connectivity index (χ1) is 14.8. The number of hydrogen-bond acceptors (Lipinski definition) is 4. The lowest BCUT2D eigenvalue weighted by molar-refractivity contribution is -0.118. The summed E-state index contributed by atoms with van der Waals surface area (Å²) >= 11 is 7.81.